The van der Waals surface area contributed by atoms with Crippen LogP contribution < -0.4 is 0 Å². The van der Waals surface area contributed by atoms with E-state index in [9.17, 15) is 0 Å². The van der Waals surface area contributed by atoms with E-state index < -0.39 is 0 Å². The summed E-state index contributed by atoms with van der Waals surface area (Å²) in [6, 6.07) is 0. The van der Waals surface area contributed by atoms with E-state index in [0.29, 0.717) is 0 Å². The maximum Gasteiger partial charge on any atom is -0.0172 e. The van der Waals surface area contributed by atoms with Crippen LogP contribution in [0.5, 0.6) is 0 Å². The van der Waals surface area contributed by atoms with Crippen molar-refractivity contribution in [2.24, 2.45) is 23.7 Å². The van der Waals surface area contributed by atoms with Gasteiger partial charge in [0, 0.05) is 0 Å². The highest BCUT2D eigenvalue weighted by molar-refractivity contribution is 5.17. The van der Waals surface area contributed by atoms with Crippen molar-refractivity contribution in [2.45, 2.75) is 40.0 Å². The first-order valence-electron chi connectivity index (χ1n) is 5.39. The van der Waals surface area contributed by atoms with E-state index in [0.717, 1.165) is 23.7 Å². The molecule has 0 heterocycles. The fourth-order valence-corrected chi connectivity index (χ4v) is 3.06. The third-order valence-electron chi connectivity index (χ3n) is 4.28. The zero-order valence-corrected chi connectivity index (χ0v) is 8.51. The van der Waals surface area contributed by atoms with Crippen molar-refractivity contribution in [1.82, 2.24) is 0 Å². The summed E-state index contributed by atoms with van der Waals surface area (Å²) in [6.07, 6.45) is 6.68. The van der Waals surface area contributed by atoms with Gasteiger partial charge in [0.25, 0.3) is 0 Å². The summed E-state index contributed by atoms with van der Waals surface area (Å²) in [5.74, 6) is 3.74. The molecule has 1 fully saturated rings. The molecule has 0 bridgehead atoms. The molecule has 2 rings (SSSR count). The largest absolute Gasteiger partial charge is 0.0850 e. The van der Waals surface area contributed by atoms with Gasteiger partial charge in [0.05, 0.1) is 0 Å². The highest BCUT2D eigenvalue weighted by atomic mass is 14.4. The molecule has 0 amide bonds. The van der Waals surface area contributed by atoms with Crippen LogP contribution in [0, 0.1) is 23.7 Å². The number of fused-ring (bicyclic) bond motifs is 1. The fourth-order valence-electron chi connectivity index (χ4n) is 3.06. The quantitative estimate of drug-likeness (QED) is 0.479. The summed E-state index contributed by atoms with van der Waals surface area (Å²) in [5, 5.41) is 0. The van der Waals surface area contributed by atoms with Crippen LogP contribution in [-0.4, -0.2) is 0 Å². The van der Waals surface area contributed by atoms with E-state index in [-0.39, 0.29) is 0 Å². The predicted octanol–water partition coefficient (Wildman–Crippen LogP) is 3.63. The second-order valence-electron chi connectivity index (χ2n) is 4.86. The lowest BCUT2D eigenvalue weighted by Gasteiger charge is -2.38. The molecular formula is C12H20. The molecule has 0 N–H and O–H groups in total. The van der Waals surface area contributed by atoms with E-state index in [1.165, 1.54) is 19.3 Å². The smallest absolute Gasteiger partial charge is 0.0172 e. The molecule has 12 heavy (non-hydrogen) atoms. The molecule has 1 saturated carbocycles. The Labute approximate surface area is 76.1 Å². The van der Waals surface area contributed by atoms with E-state index in [2.05, 4.69) is 26.8 Å². The lowest BCUT2D eigenvalue weighted by Crippen LogP contribution is -2.29. The van der Waals surface area contributed by atoms with E-state index in [1.54, 1.807) is 5.57 Å². The molecule has 0 aromatic rings. The van der Waals surface area contributed by atoms with Crippen molar-refractivity contribution in [2.75, 3.05) is 0 Å². The molecule has 0 nitrogen and oxygen atoms in total. The monoisotopic (exact) mass is 164 g/mol. The molecule has 0 aliphatic heterocycles. The van der Waals surface area contributed by atoms with Gasteiger partial charge in [-0.2, -0.15) is 0 Å². The Kier molecular flexibility index (Phi) is 2.02. The number of rotatable bonds is 0. The van der Waals surface area contributed by atoms with Gasteiger partial charge in [-0.15, -0.1) is 0 Å². The average Bonchev–Trinajstić information content (AvgIpc) is 2.48. The van der Waals surface area contributed by atoms with Gasteiger partial charge >= 0.3 is 0 Å². The number of hydrogen-bond donors (Lipinski definition) is 0. The van der Waals surface area contributed by atoms with E-state index >= 15 is 0 Å². The molecule has 0 aromatic carbocycles. The third-order valence-corrected chi connectivity index (χ3v) is 4.28. The van der Waals surface area contributed by atoms with Gasteiger partial charge in [-0.1, -0.05) is 32.4 Å². The van der Waals surface area contributed by atoms with Crippen molar-refractivity contribution in [3.63, 3.8) is 0 Å². The Hall–Kier alpha value is -0.260. The lowest BCUT2D eigenvalue weighted by atomic mass is 9.67. The van der Waals surface area contributed by atoms with Crippen molar-refractivity contribution in [3.05, 3.63) is 11.6 Å². The van der Waals surface area contributed by atoms with Crippen LogP contribution >= 0.6 is 0 Å². The Morgan fingerprint density at radius 1 is 1.17 bits per heavy atom. The zero-order chi connectivity index (χ0) is 8.72. The van der Waals surface area contributed by atoms with Crippen molar-refractivity contribution < 1.29 is 0 Å². The first-order valence-corrected chi connectivity index (χ1v) is 5.39. The number of hydrogen-bond acceptors (Lipinski definition) is 0. The Morgan fingerprint density at radius 3 is 2.67 bits per heavy atom. The first kappa shape index (κ1) is 8.34. The summed E-state index contributed by atoms with van der Waals surface area (Å²) < 4.78 is 0. The molecule has 0 radical (unpaired) electrons. The van der Waals surface area contributed by atoms with E-state index in [1.807, 2.05) is 0 Å². The summed E-state index contributed by atoms with van der Waals surface area (Å²) in [4.78, 5) is 0. The number of allylic oxidation sites excluding steroid dienone is 2. The van der Waals surface area contributed by atoms with Gasteiger partial charge in [0.15, 0.2) is 0 Å². The van der Waals surface area contributed by atoms with E-state index in [4.69, 9.17) is 0 Å². The second-order valence-corrected chi connectivity index (χ2v) is 4.86. The third kappa shape index (κ3) is 1.12. The van der Waals surface area contributed by atoms with Crippen LogP contribution in [0.3, 0.4) is 0 Å². The zero-order valence-electron chi connectivity index (χ0n) is 8.51. The maximum absolute atomic E-state index is 2.50. The molecule has 2 aliphatic carbocycles. The normalized spacial score (nSPS) is 47.1. The molecule has 2 aliphatic rings. The summed E-state index contributed by atoms with van der Waals surface area (Å²) in [5.41, 5.74) is 1.79. The van der Waals surface area contributed by atoms with Crippen LogP contribution in [0.2, 0.25) is 0 Å². The van der Waals surface area contributed by atoms with Crippen LogP contribution in [0.1, 0.15) is 40.0 Å². The lowest BCUT2D eigenvalue weighted by molar-refractivity contribution is 0.177. The molecule has 68 valence electrons. The Morgan fingerprint density at radius 2 is 1.92 bits per heavy atom. The van der Waals surface area contributed by atoms with Crippen molar-refractivity contribution in [3.8, 4) is 0 Å². The molecule has 0 heteroatoms. The topological polar surface area (TPSA) is 0 Å². The van der Waals surface area contributed by atoms with Crippen LogP contribution in [-0.2, 0) is 0 Å². The van der Waals surface area contributed by atoms with Crippen LogP contribution in [0.4, 0.5) is 0 Å². The van der Waals surface area contributed by atoms with Crippen LogP contribution in [0.25, 0.3) is 0 Å². The van der Waals surface area contributed by atoms with Gasteiger partial charge in [-0.3, -0.25) is 0 Å². The van der Waals surface area contributed by atoms with Gasteiger partial charge in [-0.25, -0.2) is 0 Å². The molecule has 0 aromatic heterocycles. The maximum atomic E-state index is 2.50. The molecule has 0 saturated heterocycles. The standard InChI is InChI=1S/C12H20/c1-8-7-11-5-4-6-12(11)10(3)9(8)2/h5,8-10,12H,4,6-7H2,1-3H3. The summed E-state index contributed by atoms with van der Waals surface area (Å²) >= 11 is 0. The first-order chi connectivity index (χ1) is 5.70. The SMILES string of the molecule is CC1CC2=CCCC2C(C)C1C. The minimum absolute atomic E-state index is 0.917. The minimum atomic E-state index is 0.917. The highest BCUT2D eigenvalue weighted by Gasteiger charge is 2.36. The molecule has 4 atom stereocenters. The molecule has 4 unspecified atom stereocenters. The summed E-state index contributed by atoms with van der Waals surface area (Å²) in [6.45, 7) is 7.30. The molecule has 0 spiro atoms. The highest BCUT2D eigenvalue weighted by Crippen LogP contribution is 2.46. The van der Waals surface area contributed by atoms with Gasteiger partial charge in [0.2, 0.25) is 0 Å². The second kappa shape index (κ2) is 2.90. The van der Waals surface area contributed by atoms with Gasteiger partial charge in [-0.05, 0) is 42.9 Å². The Bertz CT molecular complexity index is 202. The predicted molar refractivity (Wildman–Crippen MR) is 52.9 cm³/mol. The van der Waals surface area contributed by atoms with Crippen LogP contribution in [0.15, 0.2) is 11.6 Å². The van der Waals surface area contributed by atoms with Gasteiger partial charge < -0.3 is 0 Å². The Balaban J connectivity index is 2.18. The summed E-state index contributed by atoms with van der Waals surface area (Å²) in [7, 11) is 0. The van der Waals surface area contributed by atoms with Gasteiger partial charge in [0.1, 0.15) is 0 Å². The molecular weight excluding hydrogens is 144 g/mol. The fraction of sp³-hybridized carbons (Fsp3) is 0.833. The minimum Gasteiger partial charge on any atom is -0.0850 e. The average molecular weight is 164 g/mol. The van der Waals surface area contributed by atoms with Crippen molar-refractivity contribution >= 4 is 0 Å². The van der Waals surface area contributed by atoms with Crippen molar-refractivity contribution in [1.29, 1.82) is 0 Å².